The van der Waals surface area contributed by atoms with E-state index in [1.165, 1.54) is 58.2 Å². The van der Waals surface area contributed by atoms with Gasteiger partial charge >= 0.3 is 0 Å². The van der Waals surface area contributed by atoms with Crippen LogP contribution in [0.4, 0.5) is 0 Å². The van der Waals surface area contributed by atoms with Gasteiger partial charge in [-0.25, -0.2) is 0 Å². The summed E-state index contributed by atoms with van der Waals surface area (Å²) in [5.74, 6) is 1.12. The van der Waals surface area contributed by atoms with Gasteiger partial charge in [0.1, 0.15) is 0 Å². The summed E-state index contributed by atoms with van der Waals surface area (Å²) in [6.45, 7) is 7.34. The minimum Gasteiger partial charge on any atom is -0.314 e. The van der Waals surface area contributed by atoms with Gasteiger partial charge in [0.05, 0.1) is 0 Å². The van der Waals surface area contributed by atoms with Gasteiger partial charge in [0.25, 0.3) is 0 Å². The SMILES string of the molecule is CCNC1CCN(CCCC2CC2)CC1. The Hall–Kier alpha value is -0.0800. The van der Waals surface area contributed by atoms with Crippen LogP contribution in [-0.2, 0) is 0 Å². The zero-order valence-electron chi connectivity index (χ0n) is 10.2. The smallest absolute Gasteiger partial charge is 0.00912 e. The first-order chi connectivity index (χ1) is 7.38. The number of nitrogens with zero attached hydrogens (tertiary/aromatic N) is 1. The van der Waals surface area contributed by atoms with Gasteiger partial charge in [0, 0.05) is 6.04 Å². The van der Waals surface area contributed by atoms with Gasteiger partial charge in [-0.2, -0.15) is 0 Å². The first-order valence-corrected chi connectivity index (χ1v) is 6.84. The zero-order chi connectivity index (χ0) is 10.5. The standard InChI is InChI=1S/C13H26N2/c1-2-14-13-7-10-15(11-8-13)9-3-4-12-5-6-12/h12-14H,2-11H2,1H3. The van der Waals surface area contributed by atoms with E-state index in [9.17, 15) is 0 Å². The predicted octanol–water partition coefficient (Wildman–Crippen LogP) is 2.25. The molecule has 2 rings (SSSR count). The second-order valence-corrected chi connectivity index (χ2v) is 5.26. The summed E-state index contributed by atoms with van der Waals surface area (Å²) < 4.78 is 0. The van der Waals surface area contributed by atoms with Crippen LogP contribution in [-0.4, -0.2) is 37.1 Å². The maximum Gasteiger partial charge on any atom is 0.00912 e. The van der Waals surface area contributed by atoms with E-state index in [0.717, 1.165) is 18.5 Å². The summed E-state index contributed by atoms with van der Waals surface area (Å²) in [5.41, 5.74) is 0. The quantitative estimate of drug-likeness (QED) is 0.723. The van der Waals surface area contributed by atoms with Gasteiger partial charge < -0.3 is 10.2 Å². The molecule has 1 saturated carbocycles. The summed E-state index contributed by atoms with van der Waals surface area (Å²) >= 11 is 0. The molecule has 0 bridgehead atoms. The fourth-order valence-corrected chi connectivity index (χ4v) is 2.66. The highest BCUT2D eigenvalue weighted by atomic mass is 15.1. The molecule has 1 aliphatic carbocycles. The van der Waals surface area contributed by atoms with Crippen LogP contribution in [0.5, 0.6) is 0 Å². The highest BCUT2D eigenvalue weighted by Gasteiger charge is 2.22. The molecule has 2 fully saturated rings. The van der Waals surface area contributed by atoms with Gasteiger partial charge in [0.15, 0.2) is 0 Å². The molecule has 1 heterocycles. The summed E-state index contributed by atoms with van der Waals surface area (Å²) in [7, 11) is 0. The Kier molecular flexibility index (Phi) is 4.45. The maximum atomic E-state index is 3.56. The first kappa shape index (κ1) is 11.4. The molecule has 1 N–H and O–H groups in total. The van der Waals surface area contributed by atoms with Crippen molar-refractivity contribution in [2.45, 2.75) is 51.5 Å². The van der Waals surface area contributed by atoms with Gasteiger partial charge in [0.2, 0.25) is 0 Å². The van der Waals surface area contributed by atoms with Gasteiger partial charge in [-0.05, 0) is 57.8 Å². The van der Waals surface area contributed by atoms with Crippen molar-refractivity contribution < 1.29 is 0 Å². The fraction of sp³-hybridized carbons (Fsp3) is 1.00. The summed E-state index contributed by atoms with van der Waals surface area (Å²) in [5, 5.41) is 3.56. The lowest BCUT2D eigenvalue weighted by Crippen LogP contribution is -2.42. The zero-order valence-corrected chi connectivity index (χ0v) is 10.2. The van der Waals surface area contributed by atoms with Crippen LogP contribution in [0.15, 0.2) is 0 Å². The van der Waals surface area contributed by atoms with E-state index in [2.05, 4.69) is 17.1 Å². The van der Waals surface area contributed by atoms with E-state index < -0.39 is 0 Å². The normalized spacial score (nSPS) is 24.6. The van der Waals surface area contributed by atoms with Crippen molar-refractivity contribution in [2.75, 3.05) is 26.2 Å². The third-order valence-corrected chi connectivity index (χ3v) is 3.86. The van der Waals surface area contributed by atoms with Crippen molar-refractivity contribution in [1.82, 2.24) is 10.2 Å². The highest BCUT2D eigenvalue weighted by molar-refractivity contribution is 4.78. The Morgan fingerprint density at radius 3 is 2.47 bits per heavy atom. The number of likely N-dealkylation sites (tertiary alicyclic amines) is 1. The molecule has 0 amide bonds. The molecule has 0 unspecified atom stereocenters. The van der Waals surface area contributed by atoms with Crippen molar-refractivity contribution in [3.63, 3.8) is 0 Å². The molecule has 0 radical (unpaired) electrons. The molecule has 1 saturated heterocycles. The summed E-state index contributed by atoms with van der Waals surface area (Å²) in [6.07, 6.45) is 8.68. The lowest BCUT2D eigenvalue weighted by molar-refractivity contribution is 0.195. The van der Waals surface area contributed by atoms with Crippen molar-refractivity contribution in [2.24, 2.45) is 5.92 Å². The van der Waals surface area contributed by atoms with E-state index in [4.69, 9.17) is 0 Å². The Labute approximate surface area is 94.4 Å². The third kappa shape index (κ3) is 4.12. The van der Waals surface area contributed by atoms with Crippen LogP contribution in [0.2, 0.25) is 0 Å². The largest absolute Gasteiger partial charge is 0.314 e. The lowest BCUT2D eigenvalue weighted by Gasteiger charge is -2.32. The second-order valence-electron chi connectivity index (χ2n) is 5.26. The molecule has 15 heavy (non-hydrogen) atoms. The molecule has 0 aromatic carbocycles. The Balaban J connectivity index is 1.52. The van der Waals surface area contributed by atoms with Gasteiger partial charge in [-0.3, -0.25) is 0 Å². The first-order valence-electron chi connectivity index (χ1n) is 6.84. The average molecular weight is 210 g/mol. The van der Waals surface area contributed by atoms with Crippen LogP contribution in [0.25, 0.3) is 0 Å². The van der Waals surface area contributed by atoms with Crippen molar-refractivity contribution >= 4 is 0 Å². The van der Waals surface area contributed by atoms with Gasteiger partial charge in [-0.15, -0.1) is 0 Å². The number of rotatable bonds is 6. The lowest BCUT2D eigenvalue weighted by atomic mass is 10.0. The minimum atomic E-state index is 0.801. The Morgan fingerprint density at radius 2 is 1.87 bits per heavy atom. The van der Waals surface area contributed by atoms with Crippen LogP contribution >= 0.6 is 0 Å². The van der Waals surface area contributed by atoms with Crippen molar-refractivity contribution in [1.29, 1.82) is 0 Å². The molecular formula is C13H26N2. The monoisotopic (exact) mass is 210 g/mol. The fourth-order valence-electron chi connectivity index (χ4n) is 2.66. The predicted molar refractivity (Wildman–Crippen MR) is 65.1 cm³/mol. The molecule has 0 aromatic heterocycles. The molecule has 0 aromatic rings. The van der Waals surface area contributed by atoms with Crippen LogP contribution in [0.3, 0.4) is 0 Å². The molecule has 2 aliphatic rings. The van der Waals surface area contributed by atoms with Crippen molar-refractivity contribution in [3.8, 4) is 0 Å². The highest BCUT2D eigenvalue weighted by Crippen LogP contribution is 2.33. The molecular weight excluding hydrogens is 184 g/mol. The molecule has 2 heteroatoms. The number of hydrogen-bond donors (Lipinski definition) is 1. The Morgan fingerprint density at radius 1 is 1.13 bits per heavy atom. The number of piperidine rings is 1. The van der Waals surface area contributed by atoms with E-state index >= 15 is 0 Å². The minimum absolute atomic E-state index is 0.801. The molecule has 88 valence electrons. The number of hydrogen-bond acceptors (Lipinski definition) is 2. The second kappa shape index (κ2) is 5.86. The molecule has 0 spiro atoms. The van der Waals surface area contributed by atoms with E-state index in [0.29, 0.717) is 0 Å². The molecule has 0 atom stereocenters. The van der Waals surface area contributed by atoms with E-state index in [1.807, 2.05) is 0 Å². The van der Waals surface area contributed by atoms with Crippen molar-refractivity contribution in [3.05, 3.63) is 0 Å². The van der Waals surface area contributed by atoms with Crippen LogP contribution in [0.1, 0.15) is 45.4 Å². The Bertz CT molecular complexity index is 169. The van der Waals surface area contributed by atoms with E-state index in [1.54, 1.807) is 0 Å². The summed E-state index contributed by atoms with van der Waals surface area (Å²) in [4.78, 5) is 2.66. The van der Waals surface area contributed by atoms with E-state index in [-0.39, 0.29) is 0 Å². The molecule has 1 aliphatic heterocycles. The average Bonchev–Trinajstić information content (AvgIpc) is 3.05. The summed E-state index contributed by atoms with van der Waals surface area (Å²) in [6, 6.07) is 0.801. The topological polar surface area (TPSA) is 15.3 Å². The van der Waals surface area contributed by atoms with Crippen LogP contribution < -0.4 is 5.32 Å². The number of nitrogens with one attached hydrogen (secondary N) is 1. The maximum absolute atomic E-state index is 3.56. The van der Waals surface area contributed by atoms with Crippen LogP contribution in [0, 0.1) is 5.92 Å². The molecule has 2 nitrogen and oxygen atoms in total. The van der Waals surface area contributed by atoms with Gasteiger partial charge in [-0.1, -0.05) is 19.8 Å². The third-order valence-electron chi connectivity index (χ3n) is 3.86.